The maximum Gasteiger partial charge on any atom is 0.250 e. The van der Waals surface area contributed by atoms with Gasteiger partial charge in [-0.3, -0.25) is 4.79 Å². The Labute approximate surface area is 195 Å². The maximum atomic E-state index is 12.3. The number of nitrogens with zero attached hydrogens (tertiary/aromatic N) is 3. The van der Waals surface area contributed by atoms with E-state index in [0.29, 0.717) is 11.6 Å². The SMILES string of the molecule is O=C(CSc1nc2ccccc2n1Cc1ccccc1)N/N=C\C(Cl)=C\c1ccccc1. The second kappa shape index (κ2) is 10.8. The quantitative estimate of drug-likeness (QED) is 0.213. The molecule has 0 bridgehead atoms. The van der Waals surface area contributed by atoms with Crippen LogP contribution in [0.2, 0.25) is 0 Å². The van der Waals surface area contributed by atoms with E-state index in [1.165, 1.54) is 23.5 Å². The van der Waals surface area contributed by atoms with Crippen LogP contribution in [0.1, 0.15) is 11.1 Å². The van der Waals surface area contributed by atoms with Crippen LogP contribution in [0.5, 0.6) is 0 Å². The first kappa shape index (κ1) is 21.9. The van der Waals surface area contributed by atoms with E-state index in [1.54, 1.807) is 6.08 Å². The van der Waals surface area contributed by atoms with Crippen LogP contribution in [0.4, 0.5) is 0 Å². The summed E-state index contributed by atoms with van der Waals surface area (Å²) in [5, 5.41) is 5.16. The average Bonchev–Trinajstić information content (AvgIpc) is 3.16. The molecular formula is C25H21ClN4OS. The number of carbonyl (C=O) groups excluding carboxylic acids is 1. The van der Waals surface area contributed by atoms with E-state index in [2.05, 4.69) is 27.2 Å². The smallest absolute Gasteiger partial charge is 0.250 e. The van der Waals surface area contributed by atoms with Gasteiger partial charge < -0.3 is 4.57 Å². The Kier molecular flexibility index (Phi) is 7.38. The highest BCUT2D eigenvalue weighted by atomic mass is 35.5. The van der Waals surface area contributed by atoms with Gasteiger partial charge in [0, 0.05) is 0 Å². The molecule has 0 atom stereocenters. The number of allylic oxidation sites excluding steroid dienone is 1. The number of nitrogens with one attached hydrogen (secondary N) is 1. The zero-order valence-electron chi connectivity index (χ0n) is 17.2. The minimum Gasteiger partial charge on any atom is -0.314 e. The molecule has 0 aliphatic rings. The minimum atomic E-state index is -0.228. The van der Waals surface area contributed by atoms with Crippen molar-refractivity contribution in [3.05, 3.63) is 101 Å². The van der Waals surface area contributed by atoms with Crippen molar-refractivity contribution in [2.75, 3.05) is 5.75 Å². The largest absolute Gasteiger partial charge is 0.314 e. The lowest BCUT2D eigenvalue weighted by Crippen LogP contribution is -2.20. The van der Waals surface area contributed by atoms with Crippen molar-refractivity contribution in [2.24, 2.45) is 5.10 Å². The number of imidazole rings is 1. The summed E-state index contributed by atoms with van der Waals surface area (Å²) >= 11 is 7.54. The number of hydrazone groups is 1. The Balaban J connectivity index is 1.40. The zero-order valence-corrected chi connectivity index (χ0v) is 18.8. The molecule has 0 spiro atoms. The first-order valence-electron chi connectivity index (χ1n) is 10.1. The van der Waals surface area contributed by atoms with Gasteiger partial charge in [0.05, 0.1) is 34.6 Å². The summed E-state index contributed by atoms with van der Waals surface area (Å²) in [7, 11) is 0. The molecule has 0 aliphatic carbocycles. The Morgan fingerprint density at radius 1 is 1.00 bits per heavy atom. The lowest BCUT2D eigenvalue weighted by Gasteiger charge is -2.09. The molecule has 32 heavy (non-hydrogen) atoms. The molecule has 5 nitrogen and oxygen atoms in total. The highest BCUT2D eigenvalue weighted by molar-refractivity contribution is 7.99. The van der Waals surface area contributed by atoms with Crippen molar-refractivity contribution in [1.29, 1.82) is 0 Å². The Morgan fingerprint density at radius 2 is 1.69 bits per heavy atom. The normalized spacial score (nSPS) is 11.8. The maximum absolute atomic E-state index is 12.3. The predicted octanol–water partition coefficient (Wildman–Crippen LogP) is 5.56. The summed E-state index contributed by atoms with van der Waals surface area (Å²) in [5.41, 5.74) is 6.60. The third-order valence-electron chi connectivity index (χ3n) is 4.62. The van der Waals surface area contributed by atoms with E-state index in [1.807, 2.05) is 72.8 Å². The number of benzene rings is 3. The molecule has 1 heterocycles. The van der Waals surface area contributed by atoms with Gasteiger partial charge in [-0.15, -0.1) is 0 Å². The first-order chi connectivity index (χ1) is 15.7. The van der Waals surface area contributed by atoms with Gasteiger partial charge in [-0.05, 0) is 29.3 Å². The number of para-hydroxylation sites is 2. The summed E-state index contributed by atoms with van der Waals surface area (Å²) in [4.78, 5) is 17.0. The lowest BCUT2D eigenvalue weighted by atomic mass is 10.2. The van der Waals surface area contributed by atoms with Gasteiger partial charge in [0.25, 0.3) is 5.91 Å². The summed E-state index contributed by atoms with van der Waals surface area (Å²) in [6, 6.07) is 27.8. The molecule has 160 valence electrons. The summed E-state index contributed by atoms with van der Waals surface area (Å²) in [6.07, 6.45) is 3.19. The van der Waals surface area contributed by atoms with E-state index < -0.39 is 0 Å². The monoisotopic (exact) mass is 460 g/mol. The van der Waals surface area contributed by atoms with Crippen LogP contribution >= 0.6 is 23.4 Å². The van der Waals surface area contributed by atoms with E-state index in [4.69, 9.17) is 16.6 Å². The molecular weight excluding hydrogens is 440 g/mol. The first-order valence-corrected chi connectivity index (χ1v) is 11.4. The molecule has 0 saturated carbocycles. The molecule has 4 rings (SSSR count). The summed E-state index contributed by atoms with van der Waals surface area (Å²) in [6.45, 7) is 0.684. The third-order valence-corrected chi connectivity index (χ3v) is 5.80. The molecule has 0 radical (unpaired) electrons. The average molecular weight is 461 g/mol. The fourth-order valence-electron chi connectivity index (χ4n) is 3.16. The van der Waals surface area contributed by atoms with Crippen LogP contribution in [0, 0.1) is 0 Å². The number of hydrogen-bond acceptors (Lipinski definition) is 4. The molecule has 0 aliphatic heterocycles. The number of fused-ring (bicyclic) bond motifs is 1. The van der Waals surface area contributed by atoms with Crippen molar-refractivity contribution in [1.82, 2.24) is 15.0 Å². The van der Waals surface area contributed by atoms with Crippen molar-refractivity contribution in [3.63, 3.8) is 0 Å². The van der Waals surface area contributed by atoms with Gasteiger partial charge in [-0.2, -0.15) is 5.10 Å². The Hall–Kier alpha value is -3.35. The van der Waals surface area contributed by atoms with Crippen molar-refractivity contribution < 1.29 is 4.79 Å². The van der Waals surface area contributed by atoms with Crippen LogP contribution in [0.3, 0.4) is 0 Å². The van der Waals surface area contributed by atoms with E-state index >= 15 is 0 Å². The summed E-state index contributed by atoms with van der Waals surface area (Å²) in [5.74, 6) is -0.0381. The van der Waals surface area contributed by atoms with Gasteiger partial charge >= 0.3 is 0 Å². The predicted molar refractivity (Wildman–Crippen MR) is 133 cm³/mol. The lowest BCUT2D eigenvalue weighted by molar-refractivity contribution is -0.118. The van der Waals surface area contributed by atoms with Gasteiger partial charge in [0.1, 0.15) is 0 Å². The molecule has 0 unspecified atom stereocenters. The minimum absolute atomic E-state index is 0.190. The number of carbonyl (C=O) groups is 1. The topological polar surface area (TPSA) is 59.3 Å². The molecule has 3 aromatic carbocycles. The fraction of sp³-hybridized carbons (Fsp3) is 0.0800. The molecule has 4 aromatic rings. The number of hydrogen-bond donors (Lipinski definition) is 1. The Morgan fingerprint density at radius 3 is 2.47 bits per heavy atom. The standard InChI is InChI=1S/C25H21ClN4OS/c26-21(15-19-9-3-1-4-10-19)16-27-29-24(31)18-32-25-28-22-13-7-8-14-23(22)30(25)17-20-11-5-2-6-12-20/h1-16H,17-18H2,(H,29,31)/b21-15-,27-16-. The van der Waals surface area contributed by atoms with Crippen molar-refractivity contribution in [3.8, 4) is 0 Å². The molecule has 0 fully saturated rings. The van der Waals surface area contributed by atoms with Gasteiger partial charge in [-0.25, -0.2) is 10.4 Å². The van der Waals surface area contributed by atoms with Crippen LogP contribution in [0.25, 0.3) is 17.1 Å². The van der Waals surface area contributed by atoms with Gasteiger partial charge in [0.2, 0.25) is 0 Å². The molecule has 1 N–H and O–H groups in total. The van der Waals surface area contributed by atoms with Crippen molar-refractivity contribution >= 4 is 52.6 Å². The second-order valence-corrected chi connectivity index (χ2v) is 8.36. The van der Waals surface area contributed by atoms with Crippen LogP contribution in [-0.4, -0.2) is 27.4 Å². The molecule has 1 amide bonds. The number of halogens is 1. The molecule has 0 saturated heterocycles. The number of amides is 1. The zero-order chi connectivity index (χ0) is 22.2. The van der Waals surface area contributed by atoms with Gasteiger partial charge in [0.15, 0.2) is 5.16 Å². The van der Waals surface area contributed by atoms with E-state index in [-0.39, 0.29) is 11.7 Å². The highest BCUT2D eigenvalue weighted by Crippen LogP contribution is 2.25. The number of thioether (sulfide) groups is 1. The van der Waals surface area contributed by atoms with E-state index in [0.717, 1.165) is 21.8 Å². The van der Waals surface area contributed by atoms with Crippen LogP contribution in [0.15, 0.2) is 100 Å². The molecule has 1 aromatic heterocycles. The number of aromatic nitrogens is 2. The van der Waals surface area contributed by atoms with Crippen LogP contribution < -0.4 is 5.43 Å². The van der Waals surface area contributed by atoms with Crippen LogP contribution in [-0.2, 0) is 11.3 Å². The molecule has 7 heteroatoms. The third kappa shape index (κ3) is 5.87. The van der Waals surface area contributed by atoms with Gasteiger partial charge in [-0.1, -0.05) is 96.2 Å². The fourth-order valence-corrected chi connectivity index (χ4v) is 4.14. The number of rotatable bonds is 8. The summed E-state index contributed by atoms with van der Waals surface area (Å²) < 4.78 is 2.13. The second-order valence-electron chi connectivity index (χ2n) is 6.98. The Bertz CT molecular complexity index is 1250. The van der Waals surface area contributed by atoms with E-state index in [9.17, 15) is 4.79 Å². The van der Waals surface area contributed by atoms with Crippen molar-refractivity contribution in [2.45, 2.75) is 11.7 Å². The highest BCUT2D eigenvalue weighted by Gasteiger charge is 2.13.